The van der Waals surface area contributed by atoms with Gasteiger partial charge in [-0.3, -0.25) is 0 Å². The van der Waals surface area contributed by atoms with Gasteiger partial charge in [-0.15, -0.1) is 10.2 Å². The van der Waals surface area contributed by atoms with Crippen LogP contribution in [0.3, 0.4) is 0 Å². The van der Waals surface area contributed by atoms with E-state index < -0.39 is 6.23 Å². The van der Waals surface area contributed by atoms with Crippen molar-refractivity contribution in [1.82, 2.24) is 15.2 Å². The van der Waals surface area contributed by atoms with Gasteiger partial charge in [-0.1, -0.05) is 66.7 Å². The number of nitrogens with one attached hydrogen (secondary N) is 1. The lowest BCUT2D eigenvalue weighted by Gasteiger charge is -2.20. The minimum atomic E-state index is -0.466. The summed E-state index contributed by atoms with van der Waals surface area (Å²) in [6, 6.07) is 15.5. The predicted molar refractivity (Wildman–Crippen MR) is 105 cm³/mol. The molecule has 0 spiro atoms. The van der Waals surface area contributed by atoms with Gasteiger partial charge >= 0.3 is 0 Å². The molecule has 1 N–H and O–H groups in total. The maximum atomic E-state index is 6.39. The lowest BCUT2D eigenvalue weighted by Crippen LogP contribution is -2.17. The minimum Gasteiger partial charge on any atom is -0.448 e. The van der Waals surface area contributed by atoms with Gasteiger partial charge in [0.2, 0.25) is 11.0 Å². The second kappa shape index (κ2) is 7.51. The zero-order valence-electron chi connectivity index (χ0n) is 14.1. The maximum absolute atomic E-state index is 6.39. The molecule has 4 rings (SSSR count). The Labute approximate surface area is 161 Å². The largest absolute Gasteiger partial charge is 0.448 e. The van der Waals surface area contributed by atoms with Crippen molar-refractivity contribution in [2.24, 2.45) is 0 Å². The number of rotatable bonds is 4. The summed E-state index contributed by atoms with van der Waals surface area (Å²) in [4.78, 5) is 4.60. The van der Waals surface area contributed by atoms with E-state index in [0.29, 0.717) is 21.8 Å². The summed E-state index contributed by atoms with van der Waals surface area (Å²) in [5.41, 5.74) is 3.28. The number of anilines is 1. The Morgan fingerprint density at radius 3 is 2.77 bits per heavy atom. The molecule has 7 heteroatoms. The monoisotopic (exact) mass is 384 g/mol. The van der Waals surface area contributed by atoms with Gasteiger partial charge in [0.05, 0.1) is 0 Å². The Hall–Kier alpha value is -2.31. The highest BCUT2D eigenvalue weighted by molar-refractivity contribution is 7.99. The van der Waals surface area contributed by atoms with Crippen molar-refractivity contribution in [3.63, 3.8) is 0 Å². The first-order chi connectivity index (χ1) is 12.8. The Morgan fingerprint density at radius 1 is 1.12 bits per heavy atom. The quantitative estimate of drug-likeness (QED) is 0.624. The first kappa shape index (κ1) is 17.1. The number of aromatic nitrogens is 3. The zero-order valence-corrected chi connectivity index (χ0v) is 15.7. The van der Waals surface area contributed by atoms with Crippen LogP contribution >= 0.6 is 23.4 Å². The molecule has 1 aromatic heterocycles. The van der Waals surface area contributed by atoms with E-state index in [0.717, 1.165) is 29.0 Å². The van der Waals surface area contributed by atoms with Gasteiger partial charge in [0.15, 0.2) is 11.9 Å². The van der Waals surface area contributed by atoms with Crippen molar-refractivity contribution >= 4 is 29.1 Å². The van der Waals surface area contributed by atoms with Crippen LogP contribution in [0.5, 0.6) is 5.88 Å². The first-order valence-corrected chi connectivity index (χ1v) is 9.77. The highest BCUT2D eigenvalue weighted by Crippen LogP contribution is 2.40. The number of halogens is 1. The van der Waals surface area contributed by atoms with E-state index >= 15 is 0 Å². The standard InChI is InChI=1S/C19H17ClN4OS/c1-2-11-26-19-22-18-16(23-24-19)13-8-4-6-10-15(13)21-17(25-18)12-7-3-5-9-14(12)20/h3-10,17,21H,2,11H2,1H3. The minimum absolute atomic E-state index is 0.459. The highest BCUT2D eigenvalue weighted by Gasteiger charge is 2.26. The Morgan fingerprint density at radius 2 is 1.92 bits per heavy atom. The van der Waals surface area contributed by atoms with Gasteiger partial charge in [-0.2, -0.15) is 4.98 Å². The summed E-state index contributed by atoms with van der Waals surface area (Å²) in [6.07, 6.45) is 0.574. The summed E-state index contributed by atoms with van der Waals surface area (Å²) in [5.74, 6) is 1.39. The number of nitrogens with zero attached hydrogens (tertiary/aromatic N) is 3. The fourth-order valence-electron chi connectivity index (χ4n) is 2.73. The molecule has 0 radical (unpaired) electrons. The van der Waals surface area contributed by atoms with Gasteiger partial charge in [-0.25, -0.2) is 0 Å². The predicted octanol–water partition coefficient (Wildman–Crippen LogP) is 5.20. The molecule has 2 aromatic carbocycles. The van der Waals surface area contributed by atoms with Gasteiger partial charge in [0, 0.05) is 27.6 Å². The molecule has 0 saturated heterocycles. The number of hydrogen-bond acceptors (Lipinski definition) is 6. The molecular weight excluding hydrogens is 368 g/mol. The van der Waals surface area contributed by atoms with Crippen LogP contribution in [-0.4, -0.2) is 20.9 Å². The third kappa shape index (κ3) is 3.34. The number of hydrogen-bond donors (Lipinski definition) is 1. The number of para-hydroxylation sites is 1. The normalized spacial score (nSPS) is 15.2. The molecular formula is C19H17ClN4OS. The van der Waals surface area contributed by atoms with Crippen LogP contribution < -0.4 is 10.1 Å². The van der Waals surface area contributed by atoms with Crippen LogP contribution in [-0.2, 0) is 0 Å². The average molecular weight is 385 g/mol. The summed E-state index contributed by atoms with van der Waals surface area (Å²) in [7, 11) is 0. The average Bonchev–Trinajstić information content (AvgIpc) is 2.83. The molecule has 0 amide bonds. The zero-order chi connectivity index (χ0) is 17.9. The lowest BCUT2D eigenvalue weighted by molar-refractivity contribution is 0.225. The van der Waals surface area contributed by atoms with Crippen LogP contribution in [0, 0.1) is 0 Å². The van der Waals surface area contributed by atoms with Crippen LogP contribution in [0.4, 0.5) is 5.69 Å². The SMILES string of the molecule is CCCSc1nnc2c(n1)OC(c1ccccc1Cl)Nc1ccccc1-2. The van der Waals surface area contributed by atoms with Crippen molar-refractivity contribution in [1.29, 1.82) is 0 Å². The molecule has 1 aliphatic heterocycles. The highest BCUT2D eigenvalue weighted by atomic mass is 35.5. The maximum Gasteiger partial charge on any atom is 0.247 e. The van der Waals surface area contributed by atoms with Crippen LogP contribution in [0.25, 0.3) is 11.3 Å². The smallest absolute Gasteiger partial charge is 0.247 e. The van der Waals surface area contributed by atoms with Gasteiger partial charge in [0.1, 0.15) is 0 Å². The van der Waals surface area contributed by atoms with Crippen molar-refractivity contribution in [3.8, 4) is 17.1 Å². The van der Waals surface area contributed by atoms with E-state index in [1.165, 1.54) is 0 Å². The summed E-state index contributed by atoms with van der Waals surface area (Å²) in [6.45, 7) is 2.12. The van der Waals surface area contributed by atoms with E-state index in [1.54, 1.807) is 11.8 Å². The molecule has 3 aromatic rings. The topological polar surface area (TPSA) is 59.9 Å². The molecule has 1 unspecified atom stereocenters. The van der Waals surface area contributed by atoms with E-state index in [2.05, 4.69) is 27.4 Å². The number of benzene rings is 2. The van der Waals surface area contributed by atoms with Gasteiger partial charge in [0.25, 0.3) is 0 Å². The number of fused-ring (bicyclic) bond motifs is 3. The molecule has 0 aliphatic carbocycles. The second-order valence-electron chi connectivity index (χ2n) is 5.81. The van der Waals surface area contributed by atoms with Gasteiger partial charge < -0.3 is 10.1 Å². The van der Waals surface area contributed by atoms with Crippen molar-refractivity contribution < 1.29 is 4.74 Å². The van der Waals surface area contributed by atoms with Crippen LogP contribution in [0.2, 0.25) is 5.02 Å². The molecule has 0 fully saturated rings. The van der Waals surface area contributed by atoms with Crippen LogP contribution in [0.1, 0.15) is 25.1 Å². The molecule has 5 nitrogen and oxygen atoms in total. The third-order valence-corrected chi connectivity index (χ3v) is 5.34. The molecule has 132 valence electrons. The summed E-state index contributed by atoms with van der Waals surface area (Å²) in [5, 5.41) is 13.3. The second-order valence-corrected chi connectivity index (χ2v) is 7.28. The molecule has 1 aliphatic rings. The molecule has 0 saturated carbocycles. The number of thioether (sulfide) groups is 1. The fourth-order valence-corrected chi connectivity index (χ4v) is 3.60. The van der Waals surface area contributed by atoms with Gasteiger partial charge in [-0.05, 0) is 18.6 Å². The van der Waals surface area contributed by atoms with Crippen molar-refractivity contribution in [2.45, 2.75) is 24.7 Å². The lowest BCUT2D eigenvalue weighted by atomic mass is 10.1. The Kier molecular flexibility index (Phi) is 4.95. The molecule has 26 heavy (non-hydrogen) atoms. The van der Waals surface area contributed by atoms with E-state index in [4.69, 9.17) is 16.3 Å². The van der Waals surface area contributed by atoms with Crippen molar-refractivity contribution in [3.05, 3.63) is 59.1 Å². The molecule has 2 heterocycles. The molecule has 1 atom stereocenters. The van der Waals surface area contributed by atoms with E-state index in [-0.39, 0.29) is 0 Å². The van der Waals surface area contributed by atoms with Crippen LogP contribution in [0.15, 0.2) is 53.7 Å². The Balaban J connectivity index is 1.81. The van der Waals surface area contributed by atoms with E-state index in [1.807, 2.05) is 48.5 Å². The van der Waals surface area contributed by atoms with E-state index in [9.17, 15) is 0 Å². The summed E-state index contributed by atoms with van der Waals surface area (Å²) < 4.78 is 6.20. The number of ether oxygens (including phenoxy) is 1. The summed E-state index contributed by atoms with van der Waals surface area (Å²) >= 11 is 7.96. The Bertz CT molecular complexity index is 937. The first-order valence-electron chi connectivity index (χ1n) is 8.41. The molecule has 0 bridgehead atoms. The fraction of sp³-hybridized carbons (Fsp3) is 0.211. The van der Waals surface area contributed by atoms with Crippen molar-refractivity contribution in [2.75, 3.05) is 11.1 Å². The third-order valence-electron chi connectivity index (χ3n) is 3.96.